The second-order valence-corrected chi connectivity index (χ2v) is 9.92. The molecule has 1 aromatic carbocycles. The third kappa shape index (κ3) is 8.29. The minimum atomic E-state index is -3.92. The van der Waals surface area contributed by atoms with Crippen LogP contribution in [-0.4, -0.2) is 30.3 Å². The van der Waals surface area contributed by atoms with Gasteiger partial charge in [0.25, 0.3) is 5.82 Å². The molecular weight excluding hydrogens is 456 g/mol. The second-order valence-electron chi connectivity index (χ2n) is 8.10. The van der Waals surface area contributed by atoms with Gasteiger partial charge in [0.05, 0.1) is 27.8 Å². The first-order valence-electron chi connectivity index (χ1n) is 9.46. The predicted octanol–water partition coefficient (Wildman–Crippen LogP) is 3.03. The average Bonchev–Trinajstić information content (AvgIpc) is 3.10. The molecule has 11 heteroatoms. The van der Waals surface area contributed by atoms with Gasteiger partial charge in [-0.05, 0) is 11.1 Å². The van der Waals surface area contributed by atoms with Crippen molar-refractivity contribution in [3.8, 4) is 11.1 Å². The number of hydrogen-bond donors (Lipinski definition) is 2. The Hall–Kier alpha value is -2.95. The Bertz CT molecular complexity index is 1180. The third-order valence-corrected chi connectivity index (χ3v) is 4.38. The quantitative estimate of drug-likeness (QED) is 0.544. The number of carbonyl (C=O) groups excluding carboxylic acids is 1. The normalized spacial score (nSPS) is 11.4. The monoisotopic (exact) mass is 480 g/mol. The van der Waals surface area contributed by atoms with Crippen molar-refractivity contribution >= 4 is 39.3 Å². The van der Waals surface area contributed by atoms with Gasteiger partial charge in [0.1, 0.15) is 5.76 Å². The molecule has 172 valence electrons. The number of aromatic nitrogens is 2. The van der Waals surface area contributed by atoms with Crippen LogP contribution in [0.5, 0.6) is 0 Å². The molecule has 32 heavy (non-hydrogen) atoms. The Balaban J connectivity index is 0.000000654. The van der Waals surface area contributed by atoms with Crippen LogP contribution in [0.4, 0.5) is 11.6 Å². The van der Waals surface area contributed by atoms with E-state index in [1.54, 1.807) is 18.3 Å². The number of H-pyrrole nitrogens is 1. The third-order valence-electron chi connectivity index (χ3n) is 4.07. The fourth-order valence-electron chi connectivity index (χ4n) is 2.56. The lowest BCUT2D eigenvalue weighted by Gasteiger charge is -2.12. The van der Waals surface area contributed by atoms with Crippen molar-refractivity contribution < 1.29 is 27.3 Å². The lowest BCUT2D eigenvalue weighted by molar-refractivity contribution is -0.359. The highest BCUT2D eigenvalue weighted by Gasteiger charge is 2.20. The van der Waals surface area contributed by atoms with Gasteiger partial charge in [-0.25, -0.2) is 13.4 Å². The van der Waals surface area contributed by atoms with Crippen LogP contribution in [0.2, 0.25) is 5.02 Å². The van der Waals surface area contributed by atoms with E-state index < -0.39 is 10.1 Å². The Kier molecular flexibility index (Phi) is 8.00. The number of benzene rings is 1. The Morgan fingerprint density at radius 3 is 2.34 bits per heavy atom. The maximum absolute atomic E-state index is 12.3. The fraction of sp³-hybridized carbons (Fsp3) is 0.286. The summed E-state index contributed by atoms with van der Waals surface area (Å²) in [5.41, 5.74) is 8.18. The summed E-state index contributed by atoms with van der Waals surface area (Å²) in [6, 6.07) is 11.0. The molecule has 0 saturated heterocycles. The molecule has 0 radical (unpaired) electrons. The van der Waals surface area contributed by atoms with Gasteiger partial charge in [-0.1, -0.05) is 61.8 Å². The zero-order valence-electron chi connectivity index (χ0n) is 18.1. The highest BCUT2D eigenvalue weighted by Crippen LogP contribution is 2.27. The van der Waals surface area contributed by atoms with Gasteiger partial charge >= 0.3 is 0 Å². The van der Waals surface area contributed by atoms with Crippen LogP contribution < -0.4 is 16.0 Å². The van der Waals surface area contributed by atoms with E-state index in [1.807, 2.05) is 45.0 Å². The number of anilines is 2. The van der Waals surface area contributed by atoms with Crippen molar-refractivity contribution in [2.45, 2.75) is 32.6 Å². The molecule has 0 saturated carbocycles. The van der Waals surface area contributed by atoms with E-state index in [9.17, 15) is 4.79 Å². The summed E-state index contributed by atoms with van der Waals surface area (Å²) < 4.78 is 32.5. The van der Waals surface area contributed by atoms with Gasteiger partial charge < -0.3 is 14.4 Å². The largest absolute Gasteiger partial charge is 0.748 e. The van der Waals surface area contributed by atoms with Gasteiger partial charge in [0.2, 0.25) is 5.91 Å². The van der Waals surface area contributed by atoms with E-state index in [1.165, 1.54) is 0 Å². The topological polar surface area (TPSA) is 152 Å². The van der Waals surface area contributed by atoms with Gasteiger partial charge in [0.15, 0.2) is 5.82 Å². The van der Waals surface area contributed by atoms with Crippen molar-refractivity contribution in [1.82, 2.24) is 5.16 Å². The van der Waals surface area contributed by atoms with Crippen LogP contribution in [0.3, 0.4) is 0 Å². The van der Waals surface area contributed by atoms with Crippen molar-refractivity contribution in [2.24, 2.45) is 0 Å². The number of hydrogen-bond acceptors (Lipinski definition) is 7. The predicted molar refractivity (Wildman–Crippen MR) is 121 cm³/mol. The molecule has 0 aliphatic rings. The number of nitrogens with one attached hydrogen (secondary N) is 2. The standard InChI is InChI=1S/C20H21ClN4O2.CH4O3S/c1-20(2,3)16-10-18(25-27-16)24-19(26)8-12-4-6-13(7-5-12)14-11-23-17(22)9-15(14)21;1-5(2,3)4/h4-7,9-11H,8H2,1-3H3,(H2,22,23)(H,24,25,26);1H3,(H,2,3,4). The molecular formula is C21H25ClN4O5S. The average molecular weight is 481 g/mol. The van der Waals surface area contributed by atoms with E-state index in [4.69, 9.17) is 34.8 Å². The molecule has 0 atom stereocenters. The Morgan fingerprint density at radius 1 is 1.25 bits per heavy atom. The molecule has 9 nitrogen and oxygen atoms in total. The summed E-state index contributed by atoms with van der Waals surface area (Å²) in [4.78, 5) is 15.2. The van der Waals surface area contributed by atoms with Gasteiger partial charge in [-0.2, -0.15) is 0 Å². The van der Waals surface area contributed by atoms with Crippen LogP contribution >= 0.6 is 11.6 Å². The molecule has 3 aromatic rings. The van der Waals surface area contributed by atoms with Crippen molar-refractivity contribution in [1.29, 1.82) is 0 Å². The first-order chi connectivity index (χ1) is 14.7. The Morgan fingerprint density at radius 2 is 1.84 bits per heavy atom. The first kappa shape index (κ1) is 25.3. The highest BCUT2D eigenvalue weighted by atomic mass is 35.5. The number of nitrogen functional groups attached to an aromatic ring is 1. The maximum Gasteiger partial charge on any atom is 0.271 e. The van der Waals surface area contributed by atoms with Crippen LogP contribution in [0.25, 0.3) is 11.1 Å². The van der Waals surface area contributed by atoms with Crippen molar-refractivity contribution in [2.75, 3.05) is 17.3 Å². The minimum absolute atomic E-state index is 0.157. The van der Waals surface area contributed by atoms with E-state index in [0.29, 0.717) is 22.9 Å². The van der Waals surface area contributed by atoms with Crippen LogP contribution in [0.15, 0.2) is 47.1 Å². The lowest BCUT2D eigenvalue weighted by Crippen LogP contribution is -2.14. The highest BCUT2D eigenvalue weighted by molar-refractivity contribution is 7.84. The molecule has 0 spiro atoms. The zero-order chi connectivity index (χ0) is 24.1. The molecule has 4 N–H and O–H groups in total. The molecule has 0 fully saturated rings. The van der Waals surface area contributed by atoms with Gasteiger partial charge in [-0.3, -0.25) is 10.5 Å². The molecule has 2 heterocycles. The molecule has 2 aromatic heterocycles. The Labute approximate surface area is 191 Å². The lowest BCUT2D eigenvalue weighted by atomic mass is 9.93. The minimum Gasteiger partial charge on any atom is -0.748 e. The van der Waals surface area contributed by atoms with E-state index in [-0.39, 0.29) is 17.7 Å². The molecule has 3 rings (SSSR count). The molecule has 0 aliphatic heterocycles. The number of halogens is 1. The SMILES string of the molecule is CC(C)(C)c1cc(NC(=O)Cc2ccc(-c3c[nH+]c(N)cc3Cl)cc2)no1.CS(=O)(=O)[O-]. The number of carbonyl (C=O) groups is 1. The number of aromatic amines is 1. The number of nitrogens with two attached hydrogens (primary N) is 1. The molecule has 0 aliphatic carbocycles. The summed E-state index contributed by atoms with van der Waals surface area (Å²) in [5, 5.41) is 7.23. The van der Waals surface area contributed by atoms with Crippen LogP contribution in [-0.2, 0) is 26.7 Å². The van der Waals surface area contributed by atoms with E-state index in [0.717, 1.165) is 22.5 Å². The van der Waals surface area contributed by atoms with E-state index in [2.05, 4.69) is 15.5 Å². The van der Waals surface area contributed by atoms with E-state index >= 15 is 0 Å². The van der Waals surface area contributed by atoms with Crippen LogP contribution in [0, 0.1) is 0 Å². The first-order valence-corrected chi connectivity index (χ1v) is 11.7. The van der Waals surface area contributed by atoms with Gasteiger partial charge in [-0.15, -0.1) is 0 Å². The maximum atomic E-state index is 12.3. The number of pyridine rings is 1. The fourth-order valence-corrected chi connectivity index (χ4v) is 2.84. The van der Waals surface area contributed by atoms with Crippen molar-refractivity contribution in [3.05, 3.63) is 58.9 Å². The summed E-state index contributed by atoms with van der Waals surface area (Å²) in [6.07, 6.45) is 2.60. The smallest absolute Gasteiger partial charge is 0.271 e. The number of amides is 1. The van der Waals surface area contributed by atoms with Crippen LogP contribution in [0.1, 0.15) is 32.1 Å². The summed E-state index contributed by atoms with van der Waals surface area (Å²) in [5.74, 6) is 1.49. The second kappa shape index (κ2) is 10.1. The summed E-state index contributed by atoms with van der Waals surface area (Å²) >= 11 is 6.23. The molecule has 1 amide bonds. The zero-order valence-corrected chi connectivity index (χ0v) is 19.7. The molecule has 0 unspecified atom stereocenters. The number of rotatable bonds is 4. The van der Waals surface area contributed by atoms with Crippen molar-refractivity contribution in [3.63, 3.8) is 0 Å². The molecule has 0 bridgehead atoms. The summed E-state index contributed by atoms with van der Waals surface area (Å²) in [6.45, 7) is 6.06. The summed E-state index contributed by atoms with van der Waals surface area (Å²) in [7, 11) is -3.92. The number of nitrogens with zero attached hydrogens (tertiary/aromatic N) is 1. The van der Waals surface area contributed by atoms with Gasteiger partial charge in [0, 0.05) is 29.4 Å².